The molecule has 7 heteroatoms. The van der Waals surface area contributed by atoms with Gasteiger partial charge in [-0.05, 0) is 24.3 Å². The second-order valence-electron chi connectivity index (χ2n) is 4.55. The zero-order valence-electron chi connectivity index (χ0n) is 11.1. The highest BCUT2D eigenvalue weighted by Gasteiger charge is 2.15. The molecule has 0 unspecified atom stereocenters. The molecule has 1 heterocycles. The van der Waals surface area contributed by atoms with Gasteiger partial charge < -0.3 is 4.42 Å². The lowest BCUT2D eigenvalue weighted by Gasteiger charge is -2.03. The number of H-pyrrole nitrogens is 1. The van der Waals surface area contributed by atoms with E-state index < -0.39 is 14.8 Å². The van der Waals surface area contributed by atoms with Gasteiger partial charge in [0.1, 0.15) is 0 Å². The van der Waals surface area contributed by atoms with Crippen LogP contribution in [-0.2, 0) is 9.05 Å². The minimum Gasteiger partial charge on any atom is -0.407 e. The molecule has 0 saturated heterocycles. The van der Waals surface area contributed by atoms with Gasteiger partial charge in [0, 0.05) is 21.8 Å². The fraction of sp³-hybridized carbons (Fsp3) is 0. The summed E-state index contributed by atoms with van der Waals surface area (Å²) < 4.78 is 27.7. The number of benzene rings is 2. The third-order valence-electron chi connectivity index (χ3n) is 3.11. The summed E-state index contributed by atoms with van der Waals surface area (Å²) in [5, 5.41) is 0. The molecule has 3 aromatic rings. The normalized spacial score (nSPS) is 11.5. The van der Waals surface area contributed by atoms with Crippen LogP contribution in [0.2, 0.25) is 0 Å². The van der Waals surface area contributed by atoms with Crippen LogP contribution >= 0.6 is 10.7 Å². The second-order valence-corrected chi connectivity index (χ2v) is 7.11. The zero-order valence-corrected chi connectivity index (χ0v) is 12.7. The molecular weight excluding hydrogens is 326 g/mol. The maximum Gasteiger partial charge on any atom is 0.417 e. The summed E-state index contributed by atoms with van der Waals surface area (Å²) in [7, 11) is 1.49. The smallest absolute Gasteiger partial charge is 0.407 e. The Balaban J connectivity index is 2.12. The predicted molar refractivity (Wildman–Crippen MR) is 83.2 cm³/mol. The van der Waals surface area contributed by atoms with Crippen molar-refractivity contribution >= 4 is 19.7 Å². The Morgan fingerprint density at radius 1 is 0.909 bits per heavy atom. The maximum atomic E-state index is 11.5. The standard InChI is InChI=1S/C15H10ClNO4S/c16-22(19,20)12-8-6-11(7-9-12)14-13(17-15(18)21-14)10-4-2-1-3-5-10/h1-9H,(H,17,18). The number of hydrogen-bond acceptors (Lipinski definition) is 4. The molecule has 0 aliphatic heterocycles. The Labute approximate surface area is 130 Å². The molecule has 0 spiro atoms. The van der Waals surface area contributed by atoms with E-state index in [9.17, 15) is 13.2 Å². The van der Waals surface area contributed by atoms with Crippen molar-refractivity contribution in [2.24, 2.45) is 0 Å². The van der Waals surface area contributed by atoms with E-state index in [0.717, 1.165) is 5.56 Å². The third-order valence-corrected chi connectivity index (χ3v) is 4.48. The van der Waals surface area contributed by atoms with Gasteiger partial charge in [-0.2, -0.15) is 0 Å². The van der Waals surface area contributed by atoms with Crippen molar-refractivity contribution in [1.29, 1.82) is 0 Å². The fourth-order valence-electron chi connectivity index (χ4n) is 2.11. The number of hydrogen-bond donors (Lipinski definition) is 1. The quantitative estimate of drug-likeness (QED) is 0.745. The van der Waals surface area contributed by atoms with Crippen molar-refractivity contribution in [2.45, 2.75) is 4.90 Å². The first kappa shape index (κ1) is 14.6. The highest BCUT2D eigenvalue weighted by atomic mass is 35.7. The number of oxazole rings is 1. The van der Waals surface area contributed by atoms with E-state index in [1.165, 1.54) is 24.3 Å². The predicted octanol–water partition coefficient (Wildman–Crippen LogP) is 3.23. The largest absolute Gasteiger partial charge is 0.417 e. The van der Waals surface area contributed by atoms with E-state index in [-0.39, 0.29) is 4.90 Å². The van der Waals surface area contributed by atoms with Crippen LogP contribution in [0.1, 0.15) is 0 Å². The Hall–Kier alpha value is -2.31. The highest BCUT2D eigenvalue weighted by molar-refractivity contribution is 8.13. The Bertz CT molecular complexity index is 957. The molecule has 0 fully saturated rings. The second kappa shape index (κ2) is 5.47. The van der Waals surface area contributed by atoms with E-state index in [2.05, 4.69) is 4.98 Å². The minimum atomic E-state index is -3.79. The van der Waals surface area contributed by atoms with Gasteiger partial charge in [0.05, 0.1) is 10.6 Å². The van der Waals surface area contributed by atoms with Crippen LogP contribution in [0.3, 0.4) is 0 Å². The van der Waals surface area contributed by atoms with Gasteiger partial charge in [0.25, 0.3) is 9.05 Å². The van der Waals surface area contributed by atoms with E-state index in [4.69, 9.17) is 15.1 Å². The summed E-state index contributed by atoms with van der Waals surface area (Å²) in [6.45, 7) is 0. The fourth-order valence-corrected chi connectivity index (χ4v) is 2.88. The molecule has 0 saturated carbocycles. The molecule has 0 bridgehead atoms. The number of halogens is 1. The van der Waals surface area contributed by atoms with Gasteiger partial charge in [-0.15, -0.1) is 0 Å². The van der Waals surface area contributed by atoms with Crippen LogP contribution in [0.4, 0.5) is 0 Å². The lowest BCUT2D eigenvalue weighted by atomic mass is 10.1. The van der Waals surface area contributed by atoms with Crippen LogP contribution in [-0.4, -0.2) is 13.4 Å². The molecule has 2 aromatic carbocycles. The molecule has 0 aliphatic carbocycles. The van der Waals surface area contributed by atoms with Gasteiger partial charge in [0.2, 0.25) is 0 Å². The SMILES string of the molecule is O=c1[nH]c(-c2ccccc2)c(-c2ccc(S(=O)(=O)Cl)cc2)o1. The van der Waals surface area contributed by atoms with Gasteiger partial charge in [-0.25, -0.2) is 13.2 Å². The molecule has 22 heavy (non-hydrogen) atoms. The Morgan fingerprint density at radius 2 is 1.55 bits per heavy atom. The molecule has 3 rings (SSSR count). The minimum absolute atomic E-state index is 0.0166. The molecule has 0 amide bonds. The van der Waals surface area contributed by atoms with Crippen LogP contribution < -0.4 is 5.76 Å². The summed E-state index contributed by atoms with van der Waals surface area (Å²) in [6.07, 6.45) is 0. The van der Waals surface area contributed by atoms with Crippen molar-refractivity contribution in [1.82, 2.24) is 4.98 Å². The first-order valence-electron chi connectivity index (χ1n) is 6.29. The molecule has 112 valence electrons. The number of aromatic amines is 1. The van der Waals surface area contributed by atoms with Crippen molar-refractivity contribution in [3.05, 3.63) is 65.1 Å². The monoisotopic (exact) mass is 335 g/mol. The molecule has 0 atom stereocenters. The van der Waals surface area contributed by atoms with Crippen LogP contribution in [0.5, 0.6) is 0 Å². The van der Waals surface area contributed by atoms with E-state index in [1.807, 2.05) is 30.3 Å². The number of rotatable bonds is 3. The lowest BCUT2D eigenvalue weighted by Crippen LogP contribution is -1.94. The molecule has 5 nitrogen and oxygen atoms in total. The summed E-state index contributed by atoms with van der Waals surface area (Å²) in [4.78, 5) is 14.2. The van der Waals surface area contributed by atoms with Crippen LogP contribution in [0, 0.1) is 0 Å². The molecule has 1 N–H and O–H groups in total. The van der Waals surface area contributed by atoms with Gasteiger partial charge in [-0.3, -0.25) is 4.98 Å². The van der Waals surface area contributed by atoms with E-state index in [1.54, 1.807) is 0 Å². The number of nitrogens with one attached hydrogen (secondary N) is 1. The zero-order chi connectivity index (χ0) is 15.7. The Morgan fingerprint density at radius 3 is 2.14 bits per heavy atom. The van der Waals surface area contributed by atoms with Crippen molar-refractivity contribution in [3.8, 4) is 22.6 Å². The van der Waals surface area contributed by atoms with Crippen LogP contribution in [0.25, 0.3) is 22.6 Å². The molecule has 0 radical (unpaired) electrons. The molecular formula is C15H10ClNO4S. The molecule has 1 aromatic heterocycles. The summed E-state index contributed by atoms with van der Waals surface area (Å²) in [5.74, 6) is -0.238. The maximum absolute atomic E-state index is 11.5. The van der Waals surface area contributed by atoms with E-state index in [0.29, 0.717) is 17.0 Å². The van der Waals surface area contributed by atoms with Gasteiger partial charge in [-0.1, -0.05) is 30.3 Å². The van der Waals surface area contributed by atoms with E-state index >= 15 is 0 Å². The highest BCUT2D eigenvalue weighted by Crippen LogP contribution is 2.30. The summed E-state index contributed by atoms with van der Waals surface area (Å²) >= 11 is 0. The topological polar surface area (TPSA) is 80.1 Å². The summed E-state index contributed by atoms with van der Waals surface area (Å²) in [6, 6.07) is 15.0. The van der Waals surface area contributed by atoms with Crippen molar-refractivity contribution < 1.29 is 12.8 Å². The third kappa shape index (κ3) is 2.84. The molecule has 0 aliphatic rings. The Kier molecular flexibility index (Phi) is 3.64. The van der Waals surface area contributed by atoms with Gasteiger partial charge >= 0.3 is 5.76 Å². The first-order chi connectivity index (χ1) is 10.4. The average molecular weight is 336 g/mol. The lowest BCUT2D eigenvalue weighted by molar-refractivity contribution is 0.528. The number of aromatic nitrogens is 1. The van der Waals surface area contributed by atoms with Crippen molar-refractivity contribution in [2.75, 3.05) is 0 Å². The first-order valence-corrected chi connectivity index (χ1v) is 8.60. The average Bonchev–Trinajstić information content (AvgIpc) is 2.89. The van der Waals surface area contributed by atoms with Gasteiger partial charge in [0.15, 0.2) is 5.76 Å². The van der Waals surface area contributed by atoms with Crippen molar-refractivity contribution in [3.63, 3.8) is 0 Å². The summed E-state index contributed by atoms with van der Waals surface area (Å²) in [5.41, 5.74) is 1.89. The van der Waals surface area contributed by atoms with Crippen LogP contribution in [0.15, 0.2) is 68.7 Å².